The van der Waals surface area contributed by atoms with Crippen LogP contribution in [0.1, 0.15) is 11.1 Å². The minimum atomic E-state index is -0.483. The number of carbonyl (C=O) groups excluding carboxylic acids is 1. The smallest absolute Gasteiger partial charge is 0.330 e. The Morgan fingerprint density at radius 3 is 2.26 bits per heavy atom. The van der Waals surface area contributed by atoms with Crippen LogP contribution in [-0.4, -0.2) is 39.0 Å². The van der Waals surface area contributed by atoms with Crippen molar-refractivity contribution >= 4 is 17.7 Å². The minimum absolute atomic E-state index is 0.0985. The van der Waals surface area contributed by atoms with Crippen LogP contribution in [-0.2, 0) is 16.0 Å². The molecular formula is C20H23NO6. The van der Waals surface area contributed by atoms with Gasteiger partial charge in [-0.25, -0.2) is 4.79 Å². The van der Waals surface area contributed by atoms with Gasteiger partial charge in [-0.05, 0) is 41.5 Å². The summed E-state index contributed by atoms with van der Waals surface area (Å²) in [6, 6.07) is 8.59. The number of rotatable bonds is 8. The van der Waals surface area contributed by atoms with Crippen LogP contribution >= 0.6 is 0 Å². The second kappa shape index (κ2) is 9.38. The molecule has 2 rings (SSSR count). The fourth-order valence-electron chi connectivity index (χ4n) is 2.40. The normalized spacial score (nSPS) is 10.6. The number of phenolic OH excluding ortho intramolecular Hbond substituents is 1. The van der Waals surface area contributed by atoms with Crippen LogP contribution < -0.4 is 19.9 Å². The molecule has 0 amide bonds. The summed E-state index contributed by atoms with van der Waals surface area (Å²) in [6.07, 6.45) is 3.39. The third kappa shape index (κ3) is 5.31. The van der Waals surface area contributed by atoms with E-state index in [4.69, 9.17) is 24.7 Å². The number of methoxy groups -OCH3 is 3. The second-order valence-corrected chi connectivity index (χ2v) is 5.60. The summed E-state index contributed by atoms with van der Waals surface area (Å²) in [5, 5.41) is 9.89. The van der Waals surface area contributed by atoms with E-state index in [1.54, 1.807) is 31.4 Å². The number of carbonyl (C=O) groups is 1. The van der Waals surface area contributed by atoms with Crippen molar-refractivity contribution in [3.05, 3.63) is 47.5 Å². The molecule has 27 heavy (non-hydrogen) atoms. The number of ether oxygens (including phenoxy) is 4. The Balaban J connectivity index is 1.94. The monoisotopic (exact) mass is 373 g/mol. The van der Waals surface area contributed by atoms with Crippen molar-refractivity contribution in [3.63, 3.8) is 0 Å². The molecule has 0 aliphatic rings. The molecule has 0 atom stereocenters. The highest BCUT2D eigenvalue weighted by Gasteiger charge is 2.10. The van der Waals surface area contributed by atoms with Gasteiger partial charge in [-0.3, -0.25) is 0 Å². The number of aromatic hydroxyl groups is 1. The fraction of sp³-hybridized carbons (Fsp3) is 0.250. The van der Waals surface area contributed by atoms with Crippen molar-refractivity contribution in [3.8, 4) is 23.0 Å². The largest absolute Gasteiger partial charge is 0.502 e. The van der Waals surface area contributed by atoms with Gasteiger partial charge in [-0.1, -0.05) is 6.07 Å². The molecule has 0 saturated carbocycles. The molecule has 0 aliphatic heterocycles. The minimum Gasteiger partial charge on any atom is -0.502 e. The number of phenols is 1. The van der Waals surface area contributed by atoms with E-state index in [-0.39, 0.29) is 23.9 Å². The molecule has 0 saturated heterocycles. The number of hydrogen-bond donors (Lipinski definition) is 2. The first-order valence-corrected chi connectivity index (χ1v) is 8.20. The molecule has 0 aliphatic carbocycles. The summed E-state index contributed by atoms with van der Waals surface area (Å²) in [4.78, 5) is 11.9. The van der Waals surface area contributed by atoms with Crippen molar-refractivity contribution in [1.82, 2.24) is 0 Å². The van der Waals surface area contributed by atoms with Gasteiger partial charge in [0.1, 0.15) is 5.75 Å². The fourth-order valence-corrected chi connectivity index (χ4v) is 2.40. The number of nitrogens with two attached hydrogens (primary N) is 1. The summed E-state index contributed by atoms with van der Waals surface area (Å²) in [7, 11) is 4.42. The van der Waals surface area contributed by atoms with Crippen LogP contribution in [0.15, 0.2) is 36.4 Å². The average molecular weight is 373 g/mol. The molecule has 144 valence electrons. The zero-order valence-electron chi connectivity index (χ0n) is 15.5. The first-order valence-electron chi connectivity index (χ1n) is 8.20. The van der Waals surface area contributed by atoms with Gasteiger partial charge in [0.25, 0.3) is 0 Å². The Hall–Kier alpha value is -3.35. The highest BCUT2D eigenvalue weighted by Crippen LogP contribution is 2.37. The quantitative estimate of drug-likeness (QED) is 0.417. The predicted molar refractivity (Wildman–Crippen MR) is 102 cm³/mol. The molecular weight excluding hydrogens is 350 g/mol. The topological polar surface area (TPSA) is 100 Å². The Morgan fingerprint density at radius 1 is 1.04 bits per heavy atom. The van der Waals surface area contributed by atoms with Crippen LogP contribution in [0.25, 0.3) is 6.08 Å². The Kier molecular flexibility index (Phi) is 6.93. The number of nitrogen functional groups attached to an aromatic ring is 1. The van der Waals surface area contributed by atoms with Crippen molar-refractivity contribution in [2.75, 3.05) is 33.7 Å². The van der Waals surface area contributed by atoms with Crippen molar-refractivity contribution in [2.45, 2.75) is 6.42 Å². The van der Waals surface area contributed by atoms with E-state index in [1.165, 1.54) is 20.3 Å². The van der Waals surface area contributed by atoms with E-state index >= 15 is 0 Å². The number of hydrogen-bond acceptors (Lipinski definition) is 7. The molecule has 7 heteroatoms. The molecule has 0 radical (unpaired) electrons. The zero-order valence-corrected chi connectivity index (χ0v) is 15.5. The third-order valence-electron chi connectivity index (χ3n) is 3.85. The van der Waals surface area contributed by atoms with E-state index in [1.807, 2.05) is 12.1 Å². The molecule has 0 fully saturated rings. The SMILES string of the molecule is COc1cc(CCOC(=O)/C=C/c2cc(OC)c(O)c(OC)c2)ccc1N. The van der Waals surface area contributed by atoms with Crippen LogP contribution in [0.2, 0.25) is 0 Å². The molecule has 3 N–H and O–H groups in total. The molecule has 2 aromatic rings. The van der Waals surface area contributed by atoms with Crippen molar-refractivity contribution < 1.29 is 28.8 Å². The summed E-state index contributed by atoms with van der Waals surface area (Å²) in [5.74, 6) is 0.510. The predicted octanol–water partition coefficient (Wildman–Crippen LogP) is 2.80. The van der Waals surface area contributed by atoms with Gasteiger partial charge in [0.15, 0.2) is 11.5 Å². The lowest BCUT2D eigenvalue weighted by molar-refractivity contribution is -0.137. The Labute approximate surface area is 157 Å². The maximum atomic E-state index is 11.9. The zero-order chi connectivity index (χ0) is 19.8. The average Bonchev–Trinajstić information content (AvgIpc) is 2.68. The van der Waals surface area contributed by atoms with Crippen LogP contribution in [0.4, 0.5) is 5.69 Å². The Bertz CT molecular complexity index is 806. The molecule has 0 unspecified atom stereocenters. The number of anilines is 1. The van der Waals surface area contributed by atoms with Crippen molar-refractivity contribution in [1.29, 1.82) is 0 Å². The first-order chi connectivity index (χ1) is 13.0. The standard InChI is InChI=1S/C20H23NO6/c1-24-16-10-13(4-6-15(16)21)8-9-27-19(22)7-5-14-11-17(25-2)20(23)18(12-14)26-3/h4-7,10-12,23H,8-9,21H2,1-3H3/b7-5+. The maximum absolute atomic E-state index is 11.9. The van der Waals surface area contributed by atoms with Gasteiger partial charge in [-0.15, -0.1) is 0 Å². The van der Waals surface area contributed by atoms with Crippen molar-refractivity contribution in [2.24, 2.45) is 0 Å². The van der Waals surface area contributed by atoms with E-state index in [0.717, 1.165) is 5.56 Å². The van der Waals surface area contributed by atoms with Gasteiger partial charge in [0.05, 0.1) is 33.6 Å². The molecule has 0 bridgehead atoms. The van der Waals surface area contributed by atoms with Crippen LogP contribution in [0.3, 0.4) is 0 Å². The lowest BCUT2D eigenvalue weighted by Crippen LogP contribution is -2.05. The summed E-state index contributed by atoms with van der Waals surface area (Å²) in [5.41, 5.74) is 7.90. The van der Waals surface area contributed by atoms with Gasteiger partial charge >= 0.3 is 5.97 Å². The Morgan fingerprint density at radius 2 is 1.67 bits per heavy atom. The van der Waals surface area contributed by atoms with Crippen LogP contribution in [0, 0.1) is 0 Å². The summed E-state index contributed by atoms with van der Waals surface area (Å²) in [6.45, 7) is 0.221. The molecule has 2 aromatic carbocycles. The maximum Gasteiger partial charge on any atom is 0.330 e. The van der Waals surface area contributed by atoms with Gasteiger partial charge in [0.2, 0.25) is 5.75 Å². The summed E-state index contributed by atoms with van der Waals surface area (Å²) < 4.78 is 20.5. The van der Waals surface area contributed by atoms with E-state index in [9.17, 15) is 9.90 Å². The lowest BCUT2D eigenvalue weighted by atomic mass is 10.1. The van der Waals surface area contributed by atoms with Gasteiger partial charge in [0, 0.05) is 12.5 Å². The highest BCUT2D eigenvalue weighted by molar-refractivity contribution is 5.87. The van der Waals surface area contributed by atoms with E-state index < -0.39 is 5.97 Å². The van der Waals surface area contributed by atoms with E-state index in [2.05, 4.69) is 0 Å². The molecule has 0 heterocycles. The number of benzene rings is 2. The first kappa shape index (κ1) is 20.0. The molecule has 0 spiro atoms. The van der Waals surface area contributed by atoms with Gasteiger partial charge < -0.3 is 29.8 Å². The highest BCUT2D eigenvalue weighted by atomic mass is 16.5. The van der Waals surface area contributed by atoms with E-state index in [0.29, 0.717) is 23.4 Å². The molecule has 0 aromatic heterocycles. The lowest BCUT2D eigenvalue weighted by Gasteiger charge is -2.09. The number of esters is 1. The van der Waals surface area contributed by atoms with Crippen LogP contribution in [0.5, 0.6) is 23.0 Å². The summed E-state index contributed by atoms with van der Waals surface area (Å²) >= 11 is 0. The molecule has 7 nitrogen and oxygen atoms in total. The third-order valence-corrected chi connectivity index (χ3v) is 3.85. The second-order valence-electron chi connectivity index (χ2n) is 5.60. The van der Waals surface area contributed by atoms with Gasteiger partial charge in [-0.2, -0.15) is 0 Å².